The molecule has 0 radical (unpaired) electrons. The first-order valence-electron chi connectivity index (χ1n) is 24.9. The maximum Gasteiger partial charge on any atom is 0.410 e. The standard InChI is InChI=1S/C53H74FN9O6S2Si/c1-38-35-46(57-58-48(38)56-51-63(37-67-33-34-72(9,10)11)42-20-13-14-21-44(42)70-51)62(29-16-12-15-28-60(7)40-25-30-61(31-26-40)52(65)69-53(2,3)4)50-55-47(49(64)66-8)45(71-50)22-18-32-68-43-24-23-39(36-41(43)54)19-17-27-59(5)6/h13-14,20-21,23-24,35-36,40H,12,15-16,18,22,25-34,37H2,1-11H3. The lowest BCUT2D eigenvalue weighted by molar-refractivity contribution is 0.0156. The third kappa shape index (κ3) is 16.6. The third-order valence-corrected chi connectivity index (χ3v) is 15.9. The minimum atomic E-state index is -1.27. The van der Waals surface area contributed by atoms with Crippen LogP contribution in [0.3, 0.4) is 0 Å². The van der Waals surface area contributed by atoms with Gasteiger partial charge in [0.15, 0.2) is 38.8 Å². The number of rotatable bonds is 22. The highest BCUT2D eigenvalue weighted by molar-refractivity contribution is 7.16. The van der Waals surface area contributed by atoms with E-state index < -0.39 is 25.5 Å². The lowest BCUT2D eigenvalue weighted by Crippen LogP contribution is -2.47. The van der Waals surface area contributed by atoms with Crippen molar-refractivity contribution in [2.45, 2.75) is 117 Å². The van der Waals surface area contributed by atoms with Gasteiger partial charge in [-0.1, -0.05) is 61.4 Å². The van der Waals surface area contributed by atoms with Gasteiger partial charge >= 0.3 is 12.1 Å². The van der Waals surface area contributed by atoms with Crippen LogP contribution < -0.4 is 14.4 Å². The number of ether oxygens (including phenoxy) is 4. The molecule has 0 atom stereocenters. The molecule has 3 aromatic heterocycles. The van der Waals surface area contributed by atoms with Gasteiger partial charge in [0.25, 0.3) is 0 Å². The number of hydrogen-bond acceptors (Lipinski definition) is 15. The average Bonchev–Trinajstić information content (AvgIpc) is 3.91. The summed E-state index contributed by atoms with van der Waals surface area (Å²) in [4.78, 5) is 45.6. The summed E-state index contributed by atoms with van der Waals surface area (Å²) in [5.41, 5.74) is 2.17. The van der Waals surface area contributed by atoms with Crippen LogP contribution in [-0.4, -0.2) is 140 Å². The quantitative estimate of drug-likeness (QED) is 0.0282. The van der Waals surface area contributed by atoms with Crippen molar-refractivity contribution in [1.29, 1.82) is 0 Å². The van der Waals surface area contributed by atoms with Gasteiger partial charge in [-0.3, -0.25) is 9.47 Å². The molecule has 6 rings (SSSR count). The first kappa shape index (κ1) is 56.1. The third-order valence-electron chi connectivity index (χ3n) is 12.0. The van der Waals surface area contributed by atoms with Crippen LogP contribution in [0.15, 0.2) is 53.5 Å². The minimum Gasteiger partial charge on any atom is -0.491 e. The van der Waals surface area contributed by atoms with Gasteiger partial charge in [-0.2, -0.15) is 4.99 Å². The summed E-state index contributed by atoms with van der Waals surface area (Å²) in [6, 6.07) is 16.4. The molecule has 72 heavy (non-hydrogen) atoms. The number of fused-ring (bicyclic) bond motifs is 1. The fourth-order valence-electron chi connectivity index (χ4n) is 7.97. The first-order valence-corrected chi connectivity index (χ1v) is 30.3. The lowest BCUT2D eigenvalue weighted by Gasteiger charge is -2.37. The van der Waals surface area contributed by atoms with Crippen molar-refractivity contribution in [3.05, 3.63) is 80.8 Å². The number of likely N-dealkylation sites (tertiary alicyclic amines) is 1. The van der Waals surface area contributed by atoms with Gasteiger partial charge in [0.2, 0.25) is 0 Å². The van der Waals surface area contributed by atoms with E-state index in [2.05, 4.69) is 60.1 Å². The fourth-order valence-corrected chi connectivity index (χ4v) is 10.9. The molecular weight excluding hydrogens is 970 g/mol. The predicted octanol–water partition coefficient (Wildman–Crippen LogP) is 10.3. The van der Waals surface area contributed by atoms with Crippen molar-refractivity contribution in [2.24, 2.45) is 4.99 Å². The van der Waals surface area contributed by atoms with Crippen LogP contribution in [0.2, 0.25) is 25.7 Å². The number of esters is 1. The monoisotopic (exact) mass is 1040 g/mol. The summed E-state index contributed by atoms with van der Waals surface area (Å²) in [5, 5.41) is 10.1. The van der Waals surface area contributed by atoms with Crippen LogP contribution in [0.25, 0.3) is 10.2 Å². The van der Waals surface area contributed by atoms with E-state index >= 15 is 4.39 Å². The molecule has 0 saturated carbocycles. The number of piperidine rings is 1. The normalized spacial score (nSPS) is 13.8. The van der Waals surface area contributed by atoms with E-state index in [-0.39, 0.29) is 24.1 Å². The van der Waals surface area contributed by atoms with Crippen molar-refractivity contribution in [3.63, 3.8) is 0 Å². The second-order valence-corrected chi connectivity index (χ2v) is 28.4. The second kappa shape index (κ2) is 26.1. The smallest absolute Gasteiger partial charge is 0.410 e. The number of nitrogens with zero attached hydrogens (tertiary/aromatic N) is 9. The number of hydrogen-bond donors (Lipinski definition) is 0. The largest absolute Gasteiger partial charge is 0.491 e. The summed E-state index contributed by atoms with van der Waals surface area (Å²) in [5.74, 6) is 6.21. The Labute approximate surface area is 434 Å². The number of carbonyl (C=O) groups is 2. The van der Waals surface area contributed by atoms with Crippen molar-refractivity contribution in [3.8, 4) is 17.6 Å². The molecule has 1 aliphatic rings. The molecule has 1 fully saturated rings. The van der Waals surface area contributed by atoms with Crippen LogP contribution in [-0.2, 0) is 27.4 Å². The molecule has 0 aliphatic carbocycles. The van der Waals surface area contributed by atoms with Crippen molar-refractivity contribution in [2.75, 3.05) is 79.1 Å². The molecule has 19 heteroatoms. The summed E-state index contributed by atoms with van der Waals surface area (Å²) >= 11 is 2.99. The van der Waals surface area contributed by atoms with Crippen molar-refractivity contribution >= 4 is 69.8 Å². The second-order valence-electron chi connectivity index (χ2n) is 20.7. The van der Waals surface area contributed by atoms with E-state index in [1.807, 2.05) is 74.7 Å². The number of aromatic nitrogens is 4. The molecule has 1 aliphatic heterocycles. The zero-order chi connectivity index (χ0) is 52.0. The van der Waals surface area contributed by atoms with Gasteiger partial charge in [-0.15, -0.1) is 21.5 Å². The topological polar surface area (TPSA) is 140 Å². The van der Waals surface area contributed by atoms with E-state index in [0.717, 1.165) is 70.2 Å². The van der Waals surface area contributed by atoms with Crippen LogP contribution >= 0.6 is 22.7 Å². The number of methoxy groups -OCH3 is 1. The number of halogens is 1. The van der Waals surface area contributed by atoms with Crippen LogP contribution in [0.1, 0.15) is 85.8 Å². The minimum absolute atomic E-state index is 0.143. The Morgan fingerprint density at radius 2 is 1.71 bits per heavy atom. The van der Waals surface area contributed by atoms with Crippen molar-refractivity contribution < 1.29 is 32.9 Å². The number of benzene rings is 2. The van der Waals surface area contributed by atoms with E-state index in [1.54, 1.807) is 23.5 Å². The van der Waals surface area contributed by atoms with Crippen LogP contribution in [0.4, 0.5) is 26.0 Å². The van der Waals surface area contributed by atoms with Crippen LogP contribution in [0, 0.1) is 24.6 Å². The maximum atomic E-state index is 15.0. The van der Waals surface area contributed by atoms with Crippen LogP contribution in [0.5, 0.6) is 5.75 Å². The Morgan fingerprint density at radius 3 is 2.40 bits per heavy atom. The molecule has 1 amide bonds. The first-order chi connectivity index (χ1) is 34.3. The maximum absolute atomic E-state index is 15.0. The lowest BCUT2D eigenvalue weighted by atomic mass is 10.0. The molecule has 4 heterocycles. The van der Waals surface area contributed by atoms with Gasteiger partial charge < -0.3 is 33.6 Å². The number of anilines is 2. The number of carbonyl (C=O) groups excluding carboxylic acids is 2. The van der Waals surface area contributed by atoms with Crippen molar-refractivity contribution in [1.82, 2.24) is 34.4 Å². The Hall–Kier alpha value is -5.23. The number of thiazole rings is 2. The molecule has 1 saturated heterocycles. The molecule has 0 unspecified atom stereocenters. The number of unbranched alkanes of at least 4 members (excludes halogenated alkanes) is 2. The molecule has 0 bridgehead atoms. The Morgan fingerprint density at radius 1 is 0.958 bits per heavy atom. The van der Waals surface area contributed by atoms with Gasteiger partial charge in [-0.05, 0) is 142 Å². The van der Waals surface area contributed by atoms with E-state index in [9.17, 15) is 9.59 Å². The van der Waals surface area contributed by atoms with Gasteiger partial charge in [0.1, 0.15) is 12.3 Å². The van der Waals surface area contributed by atoms with Gasteiger partial charge in [0, 0.05) is 50.8 Å². The summed E-state index contributed by atoms with van der Waals surface area (Å²) < 4.78 is 41.1. The molecular formula is C53H74FN9O6S2Si. The molecule has 390 valence electrons. The van der Waals surface area contributed by atoms with Gasteiger partial charge in [0.05, 0.1) is 30.5 Å². The van der Waals surface area contributed by atoms with Gasteiger partial charge in [-0.25, -0.2) is 19.0 Å². The van der Waals surface area contributed by atoms with E-state index in [0.29, 0.717) is 80.7 Å². The highest BCUT2D eigenvalue weighted by Gasteiger charge is 2.29. The van der Waals surface area contributed by atoms with E-state index in [1.165, 1.54) is 24.5 Å². The Kier molecular flexibility index (Phi) is 20.3. The fraction of sp³-hybridized carbons (Fsp3) is 0.547. The number of aryl methyl sites for hydroxylation is 2. The molecule has 0 spiro atoms. The highest BCUT2D eigenvalue weighted by Crippen LogP contribution is 2.34. The summed E-state index contributed by atoms with van der Waals surface area (Å²) in [7, 11) is 6.10. The molecule has 2 aromatic carbocycles. The Balaban J connectivity index is 1.19. The zero-order valence-corrected chi connectivity index (χ0v) is 46.8. The summed E-state index contributed by atoms with van der Waals surface area (Å²) in [6.45, 7) is 19.4. The number of amides is 1. The highest BCUT2D eigenvalue weighted by atomic mass is 32.1. The SMILES string of the molecule is COC(=O)c1nc(N(CCCCCN(C)C2CCN(C(=O)OC(C)(C)C)CC2)c2cc(C)c(N=c3sc4ccccc4n3COCC[Si](C)(C)C)nn2)sc1CCCOc1ccc(C#CCN(C)C)cc1F. The predicted molar refractivity (Wildman–Crippen MR) is 289 cm³/mol. The molecule has 15 nitrogen and oxygen atoms in total. The molecule has 0 N–H and O–H groups in total. The Bertz CT molecular complexity index is 2730. The average molecular weight is 1040 g/mol. The summed E-state index contributed by atoms with van der Waals surface area (Å²) in [6.07, 6.45) is 5.23. The molecule has 5 aromatic rings. The zero-order valence-electron chi connectivity index (χ0n) is 44.2. The number of para-hydroxylation sites is 1. The van der Waals surface area contributed by atoms with E-state index in [4.69, 9.17) is 39.1 Å².